The Morgan fingerprint density at radius 2 is 2.10 bits per heavy atom. The second kappa shape index (κ2) is 4.87. The average Bonchev–Trinajstić information content (AvgIpc) is 1.88. The van der Waals surface area contributed by atoms with Crippen LogP contribution in [0.25, 0.3) is 0 Å². The van der Waals surface area contributed by atoms with E-state index < -0.39 is 0 Å². The molecule has 0 aliphatic heterocycles. The van der Waals surface area contributed by atoms with Gasteiger partial charge in [0, 0.05) is 0 Å². The maximum absolute atomic E-state index is 5.02. The van der Waals surface area contributed by atoms with E-state index in [9.17, 15) is 0 Å². The summed E-state index contributed by atoms with van der Waals surface area (Å²) in [5.74, 6) is 0.957. The Labute approximate surface area is 81.2 Å². The van der Waals surface area contributed by atoms with Crippen molar-refractivity contribution in [2.75, 3.05) is 7.11 Å². The first-order valence-corrected chi connectivity index (χ1v) is 4.27. The first-order valence-electron chi connectivity index (χ1n) is 2.79. The third-order valence-corrected chi connectivity index (χ3v) is 2.06. The summed E-state index contributed by atoms with van der Waals surface area (Å²) in [5.41, 5.74) is 0. The van der Waals surface area contributed by atoms with Crippen molar-refractivity contribution in [3.8, 4) is 5.75 Å². The van der Waals surface area contributed by atoms with Gasteiger partial charge in [0.15, 0.2) is 0 Å². The Morgan fingerprint density at radius 3 is 2.50 bits per heavy atom. The summed E-state index contributed by atoms with van der Waals surface area (Å²) in [4.78, 5) is 0. The van der Waals surface area contributed by atoms with Gasteiger partial charge in [0.05, 0.1) is 0 Å². The maximum Gasteiger partial charge on any atom is -1.00 e. The summed E-state index contributed by atoms with van der Waals surface area (Å²) < 4.78 is 6.37. The summed E-state index contributed by atoms with van der Waals surface area (Å²) in [7, 11) is 1.69. The van der Waals surface area contributed by atoms with Crippen LogP contribution in [0.15, 0.2) is 24.3 Å². The molecule has 1 aromatic carbocycles. The average molecular weight is 252 g/mol. The van der Waals surface area contributed by atoms with Crippen molar-refractivity contribution in [2.45, 2.75) is 0 Å². The van der Waals surface area contributed by atoms with Gasteiger partial charge in [-0.1, -0.05) is 0 Å². The van der Waals surface area contributed by atoms with E-state index >= 15 is 0 Å². The van der Waals surface area contributed by atoms with Crippen molar-refractivity contribution in [1.29, 1.82) is 0 Å². The Kier molecular flexibility index (Phi) is 4.93. The topological polar surface area (TPSA) is 9.23 Å². The molecule has 0 N–H and O–H groups in total. The van der Waals surface area contributed by atoms with Gasteiger partial charge in [-0.2, -0.15) is 0 Å². The smallest absolute Gasteiger partial charge is 1.00 e. The first kappa shape index (κ1) is 10.1. The van der Waals surface area contributed by atoms with Gasteiger partial charge >= 0.3 is 64.3 Å². The number of ether oxygens (including phenoxy) is 1. The van der Waals surface area contributed by atoms with E-state index in [1.807, 2.05) is 12.1 Å². The quantitative estimate of drug-likeness (QED) is 0.519. The van der Waals surface area contributed by atoms with E-state index in [1.54, 1.807) is 7.11 Å². The van der Waals surface area contributed by atoms with Crippen molar-refractivity contribution < 1.29 is 40.0 Å². The standard InChI is InChI=1S/C7H7O.BrH.Zn/c1-8-7-5-3-2-4-6-7;;/h2-3,5-6H,1H3;1H;/q;;+1/p-1. The van der Waals surface area contributed by atoms with Crippen LogP contribution >= 0.6 is 0 Å². The molecule has 0 radical (unpaired) electrons. The summed E-state index contributed by atoms with van der Waals surface area (Å²) in [6.45, 7) is 0. The molecule has 1 aromatic rings. The van der Waals surface area contributed by atoms with Crippen molar-refractivity contribution >= 4 is 4.16 Å². The molecule has 0 heterocycles. The molecule has 0 saturated carbocycles. The van der Waals surface area contributed by atoms with Gasteiger partial charge < -0.3 is 17.0 Å². The molecule has 0 aromatic heterocycles. The summed E-state index contributed by atoms with van der Waals surface area (Å²) in [6.07, 6.45) is 0. The van der Waals surface area contributed by atoms with Crippen LogP contribution < -0.4 is 25.9 Å². The van der Waals surface area contributed by atoms with Crippen molar-refractivity contribution in [3.05, 3.63) is 24.3 Å². The van der Waals surface area contributed by atoms with Crippen LogP contribution in [0.2, 0.25) is 0 Å². The van der Waals surface area contributed by atoms with Crippen LogP contribution in [0.3, 0.4) is 0 Å². The number of rotatable bonds is 1. The zero-order valence-electron chi connectivity index (χ0n) is 5.80. The fourth-order valence-electron chi connectivity index (χ4n) is 0.672. The number of halogens is 1. The molecule has 0 aliphatic rings. The fourth-order valence-corrected chi connectivity index (χ4v) is 1.38. The minimum Gasteiger partial charge on any atom is -1.00 e. The van der Waals surface area contributed by atoms with Gasteiger partial charge in [0.2, 0.25) is 0 Å². The molecule has 0 aliphatic carbocycles. The van der Waals surface area contributed by atoms with Gasteiger partial charge in [0.25, 0.3) is 0 Å². The summed E-state index contributed by atoms with van der Waals surface area (Å²) in [5, 5.41) is 0. The van der Waals surface area contributed by atoms with Crippen LogP contribution in [-0.2, 0) is 18.3 Å². The van der Waals surface area contributed by atoms with Crippen molar-refractivity contribution in [2.24, 2.45) is 0 Å². The number of methoxy groups -OCH3 is 1. The molecule has 0 amide bonds. The molecule has 3 heteroatoms. The zero-order valence-corrected chi connectivity index (χ0v) is 10.4. The van der Waals surface area contributed by atoms with Crippen molar-refractivity contribution in [3.63, 3.8) is 0 Å². The van der Waals surface area contributed by atoms with Gasteiger partial charge in [-0.25, -0.2) is 0 Å². The first-order chi connectivity index (χ1) is 4.33. The predicted octanol–water partition coefficient (Wildman–Crippen LogP) is -2.13. The Balaban J connectivity index is 0.000000810. The second-order valence-electron chi connectivity index (χ2n) is 1.85. The largest absolute Gasteiger partial charge is 1.00 e. The summed E-state index contributed by atoms with van der Waals surface area (Å²) >= 11 is 1.19. The van der Waals surface area contributed by atoms with E-state index in [1.165, 1.54) is 22.5 Å². The van der Waals surface area contributed by atoms with Crippen LogP contribution in [0.4, 0.5) is 0 Å². The van der Waals surface area contributed by atoms with E-state index in [0.29, 0.717) is 0 Å². The molecule has 1 rings (SSSR count). The van der Waals surface area contributed by atoms with E-state index in [2.05, 4.69) is 12.1 Å². The Morgan fingerprint density at radius 1 is 1.40 bits per heavy atom. The molecule has 0 atom stereocenters. The third kappa shape index (κ3) is 2.80. The Bertz CT molecular complexity index is 203. The number of hydrogen-bond donors (Lipinski definition) is 0. The number of benzene rings is 1. The molecular formula is C7H7BrOZn. The van der Waals surface area contributed by atoms with E-state index in [4.69, 9.17) is 4.74 Å². The molecule has 0 saturated heterocycles. The van der Waals surface area contributed by atoms with Gasteiger partial charge in [-0.15, -0.1) is 0 Å². The molecule has 10 heavy (non-hydrogen) atoms. The second-order valence-corrected chi connectivity index (χ2v) is 3.56. The van der Waals surface area contributed by atoms with Crippen LogP contribution in [-0.4, -0.2) is 7.11 Å². The molecule has 0 bridgehead atoms. The zero-order chi connectivity index (χ0) is 6.69. The van der Waals surface area contributed by atoms with Crippen LogP contribution in [0.1, 0.15) is 0 Å². The van der Waals surface area contributed by atoms with Crippen molar-refractivity contribution in [1.82, 2.24) is 0 Å². The van der Waals surface area contributed by atoms with E-state index in [-0.39, 0.29) is 17.0 Å². The molecule has 0 unspecified atom stereocenters. The SMILES string of the molecule is COc1ccc[c]([Zn+])c1.[Br-]. The number of hydrogen-bond acceptors (Lipinski definition) is 1. The fraction of sp³-hybridized carbons (Fsp3) is 0.143. The predicted molar refractivity (Wildman–Crippen MR) is 32.6 cm³/mol. The minimum absolute atomic E-state index is 0. The molecule has 1 nitrogen and oxygen atoms in total. The van der Waals surface area contributed by atoms with Gasteiger partial charge in [-0.3, -0.25) is 0 Å². The monoisotopic (exact) mass is 250 g/mol. The maximum atomic E-state index is 5.02. The molecule has 0 fully saturated rings. The minimum atomic E-state index is 0. The summed E-state index contributed by atoms with van der Waals surface area (Å²) in [6, 6.07) is 8.12. The van der Waals surface area contributed by atoms with Crippen LogP contribution in [0.5, 0.6) is 5.75 Å². The van der Waals surface area contributed by atoms with Gasteiger partial charge in [-0.05, 0) is 0 Å². The molecule has 50 valence electrons. The molecular weight excluding hydrogens is 245 g/mol. The molecule has 0 spiro atoms. The Hall–Kier alpha value is 0.123. The van der Waals surface area contributed by atoms with E-state index in [0.717, 1.165) is 5.75 Å². The van der Waals surface area contributed by atoms with Crippen LogP contribution in [0, 0.1) is 0 Å². The normalized spacial score (nSPS) is 8.30. The van der Waals surface area contributed by atoms with Gasteiger partial charge in [0.1, 0.15) is 0 Å². The third-order valence-electron chi connectivity index (χ3n) is 1.13.